The van der Waals surface area contributed by atoms with Crippen molar-refractivity contribution < 1.29 is 59.1 Å². The summed E-state index contributed by atoms with van der Waals surface area (Å²) in [5.74, 6) is 2.08. The third-order valence-electron chi connectivity index (χ3n) is 15.2. The van der Waals surface area contributed by atoms with Crippen LogP contribution in [-0.2, 0) is 28.4 Å². The second-order valence-corrected chi connectivity index (χ2v) is 17.9. The summed E-state index contributed by atoms with van der Waals surface area (Å²) in [5.41, 5.74) is 0.917. The molecular formula is C38H60O12. The number of allylic oxidation sites excluding steroid dienone is 1. The van der Waals surface area contributed by atoms with E-state index in [9.17, 15) is 30.6 Å². The lowest BCUT2D eigenvalue weighted by Crippen LogP contribution is -2.63. The van der Waals surface area contributed by atoms with Gasteiger partial charge < -0.3 is 59.1 Å². The molecule has 0 aromatic heterocycles. The minimum atomic E-state index is -1.60. The first-order valence-electron chi connectivity index (χ1n) is 19.4. The van der Waals surface area contributed by atoms with Crippen molar-refractivity contribution in [3.05, 3.63) is 11.6 Å². The van der Waals surface area contributed by atoms with E-state index in [-0.39, 0.29) is 18.1 Å². The lowest BCUT2D eigenvalue weighted by atomic mass is 9.46. The Morgan fingerprint density at radius 1 is 0.820 bits per heavy atom. The van der Waals surface area contributed by atoms with Crippen molar-refractivity contribution in [2.75, 3.05) is 13.2 Å². The van der Waals surface area contributed by atoms with E-state index in [0.29, 0.717) is 48.3 Å². The van der Waals surface area contributed by atoms with E-state index in [1.54, 1.807) is 6.92 Å². The zero-order valence-corrected chi connectivity index (χ0v) is 30.2. The quantitative estimate of drug-likeness (QED) is 0.235. The average Bonchev–Trinajstić information content (AvgIpc) is 3.53. The number of hydrogen-bond acceptors (Lipinski definition) is 12. The van der Waals surface area contributed by atoms with Gasteiger partial charge in [0.25, 0.3) is 0 Å². The lowest BCUT2D eigenvalue weighted by molar-refractivity contribution is -0.362. The number of rotatable bonds is 4. The second-order valence-electron chi connectivity index (χ2n) is 17.9. The van der Waals surface area contributed by atoms with Gasteiger partial charge in [-0.3, -0.25) is 0 Å². The van der Waals surface area contributed by atoms with E-state index < -0.39 is 78.7 Å². The summed E-state index contributed by atoms with van der Waals surface area (Å²) in [6.07, 6.45) is -3.26. The molecule has 3 saturated carbocycles. The fraction of sp³-hybridized carbons (Fsp3) is 0.947. The van der Waals surface area contributed by atoms with E-state index in [0.717, 1.165) is 45.1 Å². The Morgan fingerprint density at radius 3 is 2.34 bits per heavy atom. The Kier molecular flexibility index (Phi) is 9.38. The van der Waals surface area contributed by atoms with Crippen LogP contribution in [0, 0.1) is 46.3 Å². The molecule has 0 aromatic carbocycles. The molecule has 12 heteroatoms. The summed E-state index contributed by atoms with van der Waals surface area (Å²) >= 11 is 0. The second kappa shape index (κ2) is 12.9. The van der Waals surface area contributed by atoms with Crippen LogP contribution in [0.15, 0.2) is 11.6 Å². The van der Waals surface area contributed by atoms with Gasteiger partial charge in [0.1, 0.15) is 36.6 Å². The van der Waals surface area contributed by atoms with Crippen molar-refractivity contribution in [3.63, 3.8) is 0 Å². The number of aliphatic hydroxyl groups excluding tert-OH is 6. The van der Waals surface area contributed by atoms with E-state index in [1.165, 1.54) is 5.57 Å². The zero-order chi connectivity index (χ0) is 35.5. The van der Waals surface area contributed by atoms with Crippen molar-refractivity contribution in [3.8, 4) is 0 Å². The highest BCUT2D eigenvalue weighted by atomic mass is 16.8. The number of ether oxygens (including phenoxy) is 6. The SMILES string of the molecule is C[C@H]1CC[C@@]2(OC1)O[C@H]1C[C@H]3[C@@H]4CC=C5C[C@@H](O)C[C@@H](O[C@@H]6OC[C@@H](O)[C@H](O)[C@H]6O[C@@H]6O[C@@H](C)[C@H](O)[C@@H](O)[C@H]6O)[C@]5(C)[C@H]4CC[C@]3(C)[C@H]1[C@@H]2C. The molecule has 7 fully saturated rings. The summed E-state index contributed by atoms with van der Waals surface area (Å²) in [6.45, 7) is 11.5. The Labute approximate surface area is 295 Å². The minimum absolute atomic E-state index is 0.134. The summed E-state index contributed by atoms with van der Waals surface area (Å²) in [5, 5.41) is 64.1. The minimum Gasteiger partial charge on any atom is -0.393 e. The number of hydrogen-bond donors (Lipinski definition) is 6. The molecular weight excluding hydrogens is 648 g/mol. The molecule has 4 heterocycles. The third kappa shape index (κ3) is 5.45. The smallest absolute Gasteiger partial charge is 0.187 e. The first-order chi connectivity index (χ1) is 23.7. The van der Waals surface area contributed by atoms with Gasteiger partial charge in [-0.15, -0.1) is 0 Å². The van der Waals surface area contributed by atoms with Gasteiger partial charge in [-0.05, 0) is 80.5 Å². The van der Waals surface area contributed by atoms with Crippen LogP contribution in [-0.4, -0.2) is 123 Å². The van der Waals surface area contributed by atoms with Gasteiger partial charge in [-0.25, -0.2) is 0 Å². The van der Waals surface area contributed by atoms with Crippen LogP contribution in [0.2, 0.25) is 0 Å². The molecule has 8 rings (SSSR count). The Morgan fingerprint density at radius 2 is 1.60 bits per heavy atom. The van der Waals surface area contributed by atoms with Crippen molar-refractivity contribution in [1.82, 2.24) is 0 Å². The largest absolute Gasteiger partial charge is 0.393 e. The van der Waals surface area contributed by atoms with Crippen LogP contribution >= 0.6 is 0 Å². The molecule has 21 atom stereocenters. The topological polar surface area (TPSA) is 177 Å². The standard InChI is InChI=1S/C38H60O12/c1-17-8-11-38(46-15-17)18(2)28-26(50-38)14-24-22-7-6-20-12-21(39)13-27(37(20,5)23(22)9-10-36(24,28)4)48-35-33(30(42)25(40)16-45-35)49-34-32(44)31(43)29(41)19(3)47-34/h6,17-19,21-35,39-44H,7-16H2,1-5H3/t17-,18-,19-,21+,22+,23-,24-,25+,26-,27+,28-,29-,30-,31+,32+,33+,34-,35-,36-,37-,38+/m0/s1. The number of aliphatic hydroxyl groups is 6. The molecule has 4 aliphatic heterocycles. The first-order valence-corrected chi connectivity index (χ1v) is 19.4. The molecule has 0 radical (unpaired) electrons. The van der Waals surface area contributed by atoms with Gasteiger partial charge in [0.2, 0.25) is 0 Å². The van der Waals surface area contributed by atoms with Gasteiger partial charge >= 0.3 is 0 Å². The maximum absolute atomic E-state index is 11.1. The van der Waals surface area contributed by atoms with Crippen LogP contribution in [0.5, 0.6) is 0 Å². The number of fused-ring (bicyclic) bond motifs is 7. The van der Waals surface area contributed by atoms with Gasteiger partial charge in [-0.1, -0.05) is 39.3 Å². The van der Waals surface area contributed by atoms with Crippen molar-refractivity contribution >= 4 is 0 Å². The molecule has 0 amide bonds. The predicted molar refractivity (Wildman–Crippen MR) is 177 cm³/mol. The third-order valence-corrected chi connectivity index (χ3v) is 15.2. The fourth-order valence-corrected chi connectivity index (χ4v) is 12.4. The molecule has 8 aliphatic rings. The molecule has 1 spiro atoms. The Bertz CT molecular complexity index is 1290. The first kappa shape index (κ1) is 36.2. The maximum atomic E-state index is 11.1. The summed E-state index contributed by atoms with van der Waals surface area (Å²) in [4.78, 5) is 0. The summed E-state index contributed by atoms with van der Waals surface area (Å²) < 4.78 is 38.0. The van der Waals surface area contributed by atoms with E-state index in [1.807, 2.05) is 0 Å². The highest BCUT2D eigenvalue weighted by Gasteiger charge is 2.69. The molecule has 0 bridgehead atoms. The molecule has 284 valence electrons. The molecule has 6 N–H and O–H groups in total. The molecule has 4 saturated heterocycles. The fourth-order valence-electron chi connectivity index (χ4n) is 12.4. The average molecular weight is 709 g/mol. The zero-order valence-electron chi connectivity index (χ0n) is 30.2. The van der Waals surface area contributed by atoms with Crippen LogP contribution in [0.1, 0.15) is 86.0 Å². The highest BCUT2D eigenvalue weighted by Crippen LogP contribution is 2.71. The maximum Gasteiger partial charge on any atom is 0.187 e. The van der Waals surface area contributed by atoms with E-state index >= 15 is 0 Å². The predicted octanol–water partition coefficient (Wildman–Crippen LogP) is 2.00. The summed E-state index contributed by atoms with van der Waals surface area (Å²) in [7, 11) is 0. The molecule has 0 aromatic rings. The lowest BCUT2D eigenvalue weighted by Gasteiger charge is -2.60. The molecule has 50 heavy (non-hydrogen) atoms. The highest BCUT2D eigenvalue weighted by molar-refractivity contribution is 5.28. The van der Waals surface area contributed by atoms with Crippen molar-refractivity contribution in [1.29, 1.82) is 0 Å². The molecule has 4 aliphatic carbocycles. The van der Waals surface area contributed by atoms with Gasteiger partial charge in [0.15, 0.2) is 18.4 Å². The molecule has 12 nitrogen and oxygen atoms in total. The normalized spacial score (nSPS) is 59.3. The van der Waals surface area contributed by atoms with Crippen LogP contribution in [0.25, 0.3) is 0 Å². The van der Waals surface area contributed by atoms with Crippen LogP contribution in [0.4, 0.5) is 0 Å². The summed E-state index contributed by atoms with van der Waals surface area (Å²) in [6, 6.07) is 0. The van der Waals surface area contributed by atoms with Crippen molar-refractivity contribution in [2.45, 2.75) is 165 Å². The van der Waals surface area contributed by atoms with E-state index in [2.05, 4.69) is 33.8 Å². The van der Waals surface area contributed by atoms with Gasteiger partial charge in [0.05, 0.1) is 37.6 Å². The van der Waals surface area contributed by atoms with Gasteiger partial charge in [0, 0.05) is 24.2 Å². The molecule has 0 unspecified atom stereocenters. The van der Waals surface area contributed by atoms with Crippen LogP contribution < -0.4 is 0 Å². The van der Waals surface area contributed by atoms with Gasteiger partial charge in [-0.2, -0.15) is 0 Å². The Balaban J connectivity index is 1.04. The van der Waals surface area contributed by atoms with E-state index in [4.69, 9.17) is 28.4 Å². The Hall–Kier alpha value is -0.740. The van der Waals surface area contributed by atoms with Crippen molar-refractivity contribution in [2.24, 2.45) is 46.3 Å². The van der Waals surface area contributed by atoms with Crippen LogP contribution in [0.3, 0.4) is 0 Å². The monoisotopic (exact) mass is 708 g/mol.